The van der Waals surface area contributed by atoms with E-state index in [0.29, 0.717) is 13.1 Å². The number of aromatic nitrogens is 2. The van der Waals surface area contributed by atoms with Crippen LogP contribution < -0.4 is 11.1 Å². The number of anilines is 1. The first-order chi connectivity index (χ1) is 7.43. The van der Waals surface area contributed by atoms with Crippen LogP contribution in [0.1, 0.15) is 12.6 Å². The molecule has 3 N–H and O–H groups in total. The third-order valence-corrected chi connectivity index (χ3v) is 1.96. The molecule has 0 aliphatic carbocycles. The third-order valence-electron chi connectivity index (χ3n) is 1.96. The van der Waals surface area contributed by atoms with Crippen molar-refractivity contribution in [3.05, 3.63) is 18.0 Å². The van der Waals surface area contributed by atoms with E-state index in [0.717, 1.165) is 12.3 Å². The van der Waals surface area contributed by atoms with Crippen molar-refractivity contribution in [2.75, 3.05) is 18.4 Å². The third kappa shape index (κ3) is 3.65. The van der Waals surface area contributed by atoms with Gasteiger partial charge < -0.3 is 11.1 Å². The van der Waals surface area contributed by atoms with Crippen molar-refractivity contribution in [1.29, 1.82) is 0 Å². The smallest absolute Gasteiger partial charge is 0.354 e. The molecule has 0 amide bonds. The number of nitrogens with zero attached hydrogens (tertiary/aromatic N) is 2. The van der Waals surface area contributed by atoms with Crippen LogP contribution in [0.5, 0.6) is 0 Å². The SMILES string of the molecule is CC(CN)CNc1nccc(C(F)(F)F)n1. The van der Waals surface area contributed by atoms with Gasteiger partial charge in [-0.15, -0.1) is 0 Å². The lowest BCUT2D eigenvalue weighted by molar-refractivity contribution is -0.141. The van der Waals surface area contributed by atoms with E-state index in [1.165, 1.54) is 0 Å². The molecule has 4 nitrogen and oxygen atoms in total. The second-order valence-corrected chi connectivity index (χ2v) is 3.49. The maximum Gasteiger partial charge on any atom is 0.433 e. The maximum absolute atomic E-state index is 12.3. The molecular weight excluding hydrogens is 221 g/mol. The molecule has 0 saturated heterocycles. The molecule has 1 aromatic rings. The Bertz CT molecular complexity index is 340. The molecular formula is C9H13F3N4. The summed E-state index contributed by atoms with van der Waals surface area (Å²) in [4.78, 5) is 7.06. The lowest BCUT2D eigenvalue weighted by atomic mass is 10.2. The Morgan fingerprint density at radius 1 is 1.50 bits per heavy atom. The molecule has 1 aromatic heterocycles. The van der Waals surface area contributed by atoms with Crippen molar-refractivity contribution in [2.24, 2.45) is 11.7 Å². The standard InChI is InChI=1S/C9H13F3N4/c1-6(4-13)5-15-8-14-3-2-7(16-8)9(10,11)12/h2-3,6H,4-5,13H2,1H3,(H,14,15,16). The number of hydrogen-bond donors (Lipinski definition) is 2. The van der Waals surface area contributed by atoms with Crippen LogP contribution in [0.15, 0.2) is 12.3 Å². The number of halogens is 3. The van der Waals surface area contributed by atoms with E-state index in [4.69, 9.17) is 5.73 Å². The molecule has 16 heavy (non-hydrogen) atoms. The zero-order valence-electron chi connectivity index (χ0n) is 8.75. The summed E-state index contributed by atoms with van der Waals surface area (Å²) >= 11 is 0. The number of alkyl halides is 3. The minimum Gasteiger partial charge on any atom is -0.354 e. The van der Waals surface area contributed by atoms with Crippen LogP contribution in [0.2, 0.25) is 0 Å². The molecule has 7 heteroatoms. The lowest BCUT2D eigenvalue weighted by Crippen LogP contribution is -2.21. The van der Waals surface area contributed by atoms with Crippen LogP contribution in [-0.4, -0.2) is 23.1 Å². The number of hydrogen-bond acceptors (Lipinski definition) is 4. The van der Waals surface area contributed by atoms with Gasteiger partial charge in [0, 0.05) is 12.7 Å². The van der Waals surface area contributed by atoms with Crippen LogP contribution in [0.3, 0.4) is 0 Å². The average molecular weight is 234 g/mol. The van der Waals surface area contributed by atoms with Gasteiger partial charge in [0.1, 0.15) is 5.69 Å². The van der Waals surface area contributed by atoms with Crippen LogP contribution in [-0.2, 0) is 6.18 Å². The fourth-order valence-corrected chi connectivity index (χ4v) is 0.951. The minimum atomic E-state index is -4.45. The average Bonchev–Trinajstić information content (AvgIpc) is 2.25. The van der Waals surface area contributed by atoms with Gasteiger partial charge in [-0.1, -0.05) is 6.92 Å². The number of nitrogens with two attached hydrogens (primary N) is 1. The summed E-state index contributed by atoms with van der Waals surface area (Å²) in [5.41, 5.74) is 4.42. The zero-order chi connectivity index (χ0) is 12.2. The predicted molar refractivity (Wildman–Crippen MR) is 53.7 cm³/mol. The highest BCUT2D eigenvalue weighted by Crippen LogP contribution is 2.27. The summed E-state index contributed by atoms with van der Waals surface area (Å²) in [6.07, 6.45) is -3.37. The molecule has 1 atom stereocenters. The molecule has 0 saturated carbocycles. The summed E-state index contributed by atoms with van der Waals surface area (Å²) in [6.45, 7) is 2.77. The molecule has 1 rings (SSSR count). The van der Waals surface area contributed by atoms with Gasteiger partial charge in [0.05, 0.1) is 0 Å². The first-order valence-corrected chi connectivity index (χ1v) is 4.77. The molecule has 0 bridgehead atoms. The second-order valence-electron chi connectivity index (χ2n) is 3.49. The Kier molecular flexibility index (Phi) is 4.05. The number of nitrogens with one attached hydrogen (secondary N) is 1. The monoisotopic (exact) mass is 234 g/mol. The van der Waals surface area contributed by atoms with E-state index in [-0.39, 0.29) is 11.9 Å². The van der Waals surface area contributed by atoms with Gasteiger partial charge in [-0.3, -0.25) is 0 Å². The van der Waals surface area contributed by atoms with Gasteiger partial charge in [0.2, 0.25) is 5.95 Å². The van der Waals surface area contributed by atoms with Gasteiger partial charge in [-0.25, -0.2) is 9.97 Å². The molecule has 0 radical (unpaired) electrons. The van der Waals surface area contributed by atoms with Gasteiger partial charge in [0.15, 0.2) is 0 Å². The summed E-state index contributed by atoms with van der Waals surface area (Å²) < 4.78 is 36.9. The summed E-state index contributed by atoms with van der Waals surface area (Å²) in [7, 11) is 0. The van der Waals surface area contributed by atoms with Crippen molar-refractivity contribution >= 4 is 5.95 Å². The maximum atomic E-state index is 12.3. The fourth-order valence-electron chi connectivity index (χ4n) is 0.951. The predicted octanol–water partition coefficient (Wildman–Crippen LogP) is 1.50. The van der Waals surface area contributed by atoms with Crippen LogP contribution in [0, 0.1) is 5.92 Å². The minimum absolute atomic E-state index is 0.0323. The summed E-state index contributed by atoms with van der Waals surface area (Å²) in [5, 5.41) is 2.71. The van der Waals surface area contributed by atoms with Crippen LogP contribution in [0.4, 0.5) is 19.1 Å². The zero-order valence-corrected chi connectivity index (χ0v) is 8.75. The van der Waals surface area contributed by atoms with Gasteiger partial charge >= 0.3 is 6.18 Å². The molecule has 0 fully saturated rings. The van der Waals surface area contributed by atoms with Crippen molar-refractivity contribution in [1.82, 2.24) is 9.97 Å². The van der Waals surface area contributed by atoms with Crippen molar-refractivity contribution in [3.8, 4) is 0 Å². The van der Waals surface area contributed by atoms with E-state index < -0.39 is 11.9 Å². The highest BCUT2D eigenvalue weighted by atomic mass is 19.4. The summed E-state index contributed by atoms with van der Waals surface area (Å²) in [5.74, 6) is 0.119. The molecule has 1 heterocycles. The normalized spacial score (nSPS) is 13.6. The van der Waals surface area contributed by atoms with E-state index in [1.54, 1.807) is 0 Å². The summed E-state index contributed by atoms with van der Waals surface area (Å²) in [6, 6.07) is 0.831. The van der Waals surface area contributed by atoms with Gasteiger partial charge in [0.25, 0.3) is 0 Å². The largest absolute Gasteiger partial charge is 0.433 e. The molecule has 0 aliphatic heterocycles. The van der Waals surface area contributed by atoms with Crippen molar-refractivity contribution in [3.63, 3.8) is 0 Å². The highest BCUT2D eigenvalue weighted by molar-refractivity contribution is 5.25. The number of rotatable bonds is 4. The molecule has 0 aliphatic rings. The van der Waals surface area contributed by atoms with Crippen molar-refractivity contribution < 1.29 is 13.2 Å². The Morgan fingerprint density at radius 3 is 2.75 bits per heavy atom. The van der Waals surface area contributed by atoms with E-state index in [1.807, 2.05) is 6.92 Å². The molecule has 90 valence electrons. The first kappa shape index (κ1) is 12.7. The van der Waals surface area contributed by atoms with E-state index in [9.17, 15) is 13.2 Å². The lowest BCUT2D eigenvalue weighted by Gasteiger charge is -2.11. The molecule has 1 unspecified atom stereocenters. The van der Waals surface area contributed by atoms with E-state index >= 15 is 0 Å². The Balaban J connectivity index is 2.68. The van der Waals surface area contributed by atoms with E-state index in [2.05, 4.69) is 15.3 Å². The Morgan fingerprint density at radius 2 is 2.19 bits per heavy atom. The fraction of sp³-hybridized carbons (Fsp3) is 0.556. The van der Waals surface area contributed by atoms with Crippen LogP contribution in [0.25, 0.3) is 0 Å². The Hall–Kier alpha value is -1.37. The highest BCUT2D eigenvalue weighted by Gasteiger charge is 2.32. The quantitative estimate of drug-likeness (QED) is 0.828. The van der Waals surface area contributed by atoms with Gasteiger partial charge in [-0.05, 0) is 18.5 Å². The second kappa shape index (κ2) is 5.11. The van der Waals surface area contributed by atoms with Gasteiger partial charge in [-0.2, -0.15) is 13.2 Å². The molecule has 0 spiro atoms. The topological polar surface area (TPSA) is 63.8 Å². The van der Waals surface area contributed by atoms with Crippen LogP contribution >= 0.6 is 0 Å². The molecule has 0 aromatic carbocycles. The van der Waals surface area contributed by atoms with Crippen molar-refractivity contribution in [2.45, 2.75) is 13.1 Å². The first-order valence-electron chi connectivity index (χ1n) is 4.77. The Labute approximate surface area is 91.1 Å².